The predicted octanol–water partition coefficient (Wildman–Crippen LogP) is 3.40. The average Bonchev–Trinajstić information content (AvgIpc) is 2.60. The van der Waals surface area contributed by atoms with Crippen molar-refractivity contribution in [3.63, 3.8) is 0 Å². The summed E-state index contributed by atoms with van der Waals surface area (Å²) in [5, 5.41) is 2.17. The number of anilines is 1. The van der Waals surface area contributed by atoms with E-state index in [1.54, 1.807) is 12.3 Å². The van der Waals surface area contributed by atoms with E-state index in [2.05, 4.69) is 10.3 Å². The highest BCUT2D eigenvalue weighted by Crippen LogP contribution is 2.28. The van der Waals surface area contributed by atoms with Crippen molar-refractivity contribution in [2.24, 2.45) is 0 Å². The Morgan fingerprint density at radius 3 is 2.75 bits per heavy atom. The zero-order chi connectivity index (χ0) is 17.1. The van der Waals surface area contributed by atoms with Gasteiger partial charge in [0.25, 0.3) is 5.91 Å². The van der Waals surface area contributed by atoms with Crippen LogP contribution in [0.15, 0.2) is 24.4 Å². The van der Waals surface area contributed by atoms with E-state index in [1.165, 1.54) is 0 Å². The maximum atomic E-state index is 13.5. The Morgan fingerprint density at radius 1 is 1.12 bits per heavy atom. The number of halogens is 3. The van der Waals surface area contributed by atoms with Crippen molar-refractivity contribution in [1.29, 1.82) is 0 Å². The van der Waals surface area contributed by atoms with Gasteiger partial charge in [0.2, 0.25) is 0 Å². The maximum absolute atomic E-state index is 13.5. The van der Waals surface area contributed by atoms with Gasteiger partial charge in [0.1, 0.15) is 5.75 Å². The summed E-state index contributed by atoms with van der Waals surface area (Å²) in [6.45, 7) is -0.366. The highest BCUT2D eigenvalue weighted by Gasteiger charge is 2.18. The Morgan fingerprint density at radius 2 is 1.92 bits per heavy atom. The van der Waals surface area contributed by atoms with E-state index in [1.807, 2.05) is 0 Å². The number of hydrogen-bond donors (Lipinski definition) is 1. The molecule has 126 valence electrons. The van der Waals surface area contributed by atoms with Crippen LogP contribution in [-0.4, -0.2) is 17.5 Å². The number of aromatic nitrogens is 1. The second-order valence-corrected chi connectivity index (χ2v) is 5.50. The van der Waals surface area contributed by atoms with Crippen molar-refractivity contribution in [3.8, 4) is 5.75 Å². The van der Waals surface area contributed by atoms with Crippen LogP contribution >= 0.6 is 0 Å². The van der Waals surface area contributed by atoms with Gasteiger partial charge >= 0.3 is 0 Å². The number of hydrogen-bond acceptors (Lipinski definition) is 3. The molecule has 0 spiro atoms. The Labute approximate surface area is 136 Å². The second kappa shape index (κ2) is 6.90. The van der Waals surface area contributed by atoms with Crippen molar-refractivity contribution < 1.29 is 22.7 Å². The van der Waals surface area contributed by atoms with E-state index >= 15 is 0 Å². The number of amides is 1. The van der Waals surface area contributed by atoms with Gasteiger partial charge in [-0.1, -0.05) is 0 Å². The molecule has 1 aromatic heterocycles. The van der Waals surface area contributed by atoms with E-state index in [-0.39, 0.29) is 6.61 Å². The van der Waals surface area contributed by atoms with Crippen molar-refractivity contribution in [3.05, 3.63) is 53.1 Å². The molecule has 2 aromatic rings. The fourth-order valence-corrected chi connectivity index (χ4v) is 2.68. The molecule has 0 radical (unpaired) electrons. The quantitative estimate of drug-likeness (QED) is 0.871. The number of carbonyl (C=O) groups is 1. The fourth-order valence-electron chi connectivity index (χ4n) is 2.68. The summed E-state index contributed by atoms with van der Waals surface area (Å²) in [5.74, 6) is -4.48. The second-order valence-electron chi connectivity index (χ2n) is 5.50. The van der Waals surface area contributed by atoms with Crippen LogP contribution in [0.4, 0.5) is 18.9 Å². The molecule has 1 heterocycles. The standard InChI is InChI=1S/C17H15F3N2O2/c18-11-5-6-13(17(20)16(11)19)22-15(23)9-24-14-7-8-21-12-4-2-1-3-10(12)14/h5-8H,1-4,9H2,(H,22,23). The van der Waals surface area contributed by atoms with Crippen molar-refractivity contribution in [2.75, 3.05) is 11.9 Å². The van der Waals surface area contributed by atoms with E-state index in [9.17, 15) is 18.0 Å². The first-order valence-electron chi connectivity index (χ1n) is 7.59. The molecular weight excluding hydrogens is 321 g/mol. The third-order valence-electron chi connectivity index (χ3n) is 3.86. The predicted molar refractivity (Wildman–Crippen MR) is 81.3 cm³/mol. The smallest absolute Gasteiger partial charge is 0.262 e. The molecular formula is C17H15F3N2O2. The summed E-state index contributed by atoms with van der Waals surface area (Å²) < 4.78 is 45.0. The molecule has 0 saturated carbocycles. The summed E-state index contributed by atoms with van der Waals surface area (Å²) in [6.07, 6.45) is 5.42. The lowest BCUT2D eigenvalue weighted by Gasteiger charge is -2.18. The highest BCUT2D eigenvalue weighted by atomic mass is 19.2. The fraction of sp³-hybridized carbons (Fsp3) is 0.294. The van der Waals surface area contributed by atoms with Crippen LogP contribution in [0.5, 0.6) is 5.75 Å². The molecule has 24 heavy (non-hydrogen) atoms. The van der Waals surface area contributed by atoms with Crippen molar-refractivity contribution >= 4 is 11.6 Å². The molecule has 1 aliphatic rings. The minimum Gasteiger partial charge on any atom is -0.483 e. The molecule has 0 fully saturated rings. The van der Waals surface area contributed by atoms with E-state index in [0.29, 0.717) is 5.75 Å². The SMILES string of the molecule is O=C(COc1ccnc2c1CCCC2)Nc1ccc(F)c(F)c1F. The van der Waals surface area contributed by atoms with Gasteiger partial charge in [-0.3, -0.25) is 9.78 Å². The molecule has 1 N–H and O–H groups in total. The topological polar surface area (TPSA) is 51.2 Å². The number of aryl methyl sites for hydroxylation is 1. The maximum Gasteiger partial charge on any atom is 0.262 e. The van der Waals surface area contributed by atoms with Gasteiger partial charge in [0.05, 0.1) is 5.69 Å². The van der Waals surface area contributed by atoms with Gasteiger partial charge in [-0.2, -0.15) is 0 Å². The number of pyridine rings is 1. The lowest BCUT2D eigenvalue weighted by Crippen LogP contribution is -2.22. The molecule has 0 unspecified atom stereocenters. The summed E-state index contributed by atoms with van der Waals surface area (Å²) in [6, 6.07) is 3.38. The van der Waals surface area contributed by atoms with Crippen molar-refractivity contribution in [1.82, 2.24) is 4.98 Å². The van der Waals surface area contributed by atoms with E-state index in [0.717, 1.165) is 49.1 Å². The zero-order valence-electron chi connectivity index (χ0n) is 12.7. The number of nitrogens with one attached hydrogen (secondary N) is 1. The Kier molecular flexibility index (Phi) is 4.69. The highest BCUT2D eigenvalue weighted by molar-refractivity contribution is 5.92. The number of nitrogens with zero attached hydrogens (tertiary/aromatic N) is 1. The molecule has 1 amide bonds. The largest absolute Gasteiger partial charge is 0.483 e. The number of carbonyl (C=O) groups excluding carboxylic acids is 1. The normalized spacial score (nSPS) is 13.3. The Hall–Kier alpha value is -2.57. The van der Waals surface area contributed by atoms with Gasteiger partial charge in [0, 0.05) is 17.5 Å². The summed E-state index contributed by atoms with van der Waals surface area (Å²) in [4.78, 5) is 16.2. The van der Waals surface area contributed by atoms with Crippen LogP contribution in [0.2, 0.25) is 0 Å². The van der Waals surface area contributed by atoms with Gasteiger partial charge < -0.3 is 10.1 Å². The molecule has 3 rings (SSSR count). The van der Waals surface area contributed by atoms with Crippen LogP contribution in [0, 0.1) is 17.5 Å². The first-order valence-corrected chi connectivity index (χ1v) is 7.59. The summed E-state index contributed by atoms with van der Waals surface area (Å²) in [7, 11) is 0. The molecule has 0 atom stereocenters. The van der Waals surface area contributed by atoms with Gasteiger partial charge in [-0.25, -0.2) is 13.2 Å². The molecule has 0 aliphatic heterocycles. The molecule has 1 aromatic carbocycles. The van der Waals surface area contributed by atoms with Gasteiger partial charge in [-0.15, -0.1) is 0 Å². The van der Waals surface area contributed by atoms with Crippen LogP contribution in [0.25, 0.3) is 0 Å². The first-order chi connectivity index (χ1) is 11.6. The molecule has 0 bridgehead atoms. The van der Waals surface area contributed by atoms with Crippen LogP contribution in [0.1, 0.15) is 24.1 Å². The first kappa shape index (κ1) is 16.3. The Bertz CT molecular complexity index is 781. The molecule has 7 heteroatoms. The minimum absolute atomic E-state index is 0.366. The lowest BCUT2D eigenvalue weighted by atomic mass is 9.95. The lowest BCUT2D eigenvalue weighted by molar-refractivity contribution is -0.118. The molecule has 1 aliphatic carbocycles. The Balaban J connectivity index is 1.66. The minimum atomic E-state index is -1.63. The zero-order valence-corrected chi connectivity index (χ0v) is 12.7. The number of fused-ring (bicyclic) bond motifs is 1. The number of rotatable bonds is 4. The van der Waals surface area contributed by atoms with E-state index < -0.39 is 29.0 Å². The third-order valence-corrected chi connectivity index (χ3v) is 3.86. The van der Waals surface area contributed by atoms with Crippen molar-refractivity contribution in [2.45, 2.75) is 25.7 Å². The van der Waals surface area contributed by atoms with Gasteiger partial charge in [0.15, 0.2) is 24.1 Å². The number of ether oxygens (including phenoxy) is 1. The number of benzene rings is 1. The molecule has 0 saturated heterocycles. The van der Waals surface area contributed by atoms with Crippen LogP contribution in [0.3, 0.4) is 0 Å². The monoisotopic (exact) mass is 336 g/mol. The third kappa shape index (κ3) is 3.34. The average molecular weight is 336 g/mol. The van der Waals surface area contributed by atoms with E-state index in [4.69, 9.17) is 4.74 Å². The summed E-state index contributed by atoms with van der Waals surface area (Å²) >= 11 is 0. The molecule has 4 nitrogen and oxygen atoms in total. The van der Waals surface area contributed by atoms with Crippen LogP contribution < -0.4 is 10.1 Å². The van der Waals surface area contributed by atoms with Crippen LogP contribution in [-0.2, 0) is 17.6 Å². The summed E-state index contributed by atoms with van der Waals surface area (Å²) in [5.41, 5.74) is 1.51. The van der Waals surface area contributed by atoms with Gasteiger partial charge in [-0.05, 0) is 43.9 Å².